The minimum absolute atomic E-state index is 0.630. The smallest absolute Gasteiger partial charge is 0.179 e. The van der Waals surface area contributed by atoms with E-state index < -0.39 is 6.10 Å². The van der Waals surface area contributed by atoms with Crippen LogP contribution in [-0.2, 0) is 4.79 Å². The number of aryl methyl sites for hydroxylation is 1. The molecule has 4 heteroatoms. The summed E-state index contributed by atoms with van der Waals surface area (Å²) >= 11 is 1.63. The summed E-state index contributed by atoms with van der Waals surface area (Å²) in [4.78, 5) is 13.7. The van der Waals surface area contributed by atoms with E-state index in [0.717, 1.165) is 33.0 Å². The van der Waals surface area contributed by atoms with Crippen LogP contribution in [-0.4, -0.2) is 13.4 Å². The van der Waals surface area contributed by atoms with E-state index in [1.807, 2.05) is 79.7 Å². The van der Waals surface area contributed by atoms with Gasteiger partial charge in [-0.1, -0.05) is 41.6 Å². The largest absolute Gasteiger partial charge is 0.497 e. The Bertz CT molecular complexity index is 857. The molecule has 3 nitrogen and oxygen atoms in total. The summed E-state index contributed by atoms with van der Waals surface area (Å²) in [6.07, 6.45) is 0.200. The van der Waals surface area contributed by atoms with Crippen molar-refractivity contribution in [2.45, 2.75) is 22.8 Å². The molecule has 132 valence electrons. The molecule has 0 aliphatic rings. The van der Waals surface area contributed by atoms with Crippen molar-refractivity contribution in [3.05, 3.63) is 83.9 Å². The van der Waals surface area contributed by atoms with Crippen LogP contribution in [0.3, 0.4) is 0 Å². The quantitative estimate of drug-likeness (QED) is 0.521. The minimum atomic E-state index is -0.630. The summed E-state index contributed by atoms with van der Waals surface area (Å²) in [7, 11) is 1.65. The molecule has 0 heterocycles. The van der Waals surface area contributed by atoms with Crippen LogP contribution >= 0.6 is 11.8 Å². The van der Waals surface area contributed by atoms with Crippen LogP contribution in [0, 0.1) is 6.92 Å². The van der Waals surface area contributed by atoms with Crippen LogP contribution in [0.2, 0.25) is 0 Å². The van der Waals surface area contributed by atoms with E-state index in [1.54, 1.807) is 18.9 Å². The van der Waals surface area contributed by atoms with E-state index in [-0.39, 0.29) is 0 Å². The Hall–Kier alpha value is -2.72. The topological polar surface area (TPSA) is 35.5 Å². The van der Waals surface area contributed by atoms with Crippen molar-refractivity contribution in [3.63, 3.8) is 0 Å². The highest BCUT2D eigenvalue weighted by Gasteiger charge is 2.13. The summed E-state index contributed by atoms with van der Waals surface area (Å²) in [6.45, 7) is 2.01. The highest BCUT2D eigenvalue weighted by Crippen LogP contribution is 2.31. The van der Waals surface area contributed by atoms with E-state index in [9.17, 15) is 4.79 Å². The normalized spacial score (nSPS) is 11.6. The van der Waals surface area contributed by atoms with Crippen LogP contribution in [0.25, 0.3) is 0 Å². The maximum absolute atomic E-state index is 11.6. The summed E-state index contributed by atoms with van der Waals surface area (Å²) in [5, 5.41) is 0. The number of aldehydes is 1. The van der Waals surface area contributed by atoms with Gasteiger partial charge in [-0.2, -0.15) is 0 Å². The Morgan fingerprint density at radius 2 is 1.58 bits per heavy atom. The van der Waals surface area contributed by atoms with Crippen LogP contribution in [0.4, 0.5) is 0 Å². The van der Waals surface area contributed by atoms with Crippen molar-refractivity contribution in [1.82, 2.24) is 0 Å². The van der Waals surface area contributed by atoms with Gasteiger partial charge in [-0.3, -0.25) is 4.79 Å². The lowest BCUT2D eigenvalue weighted by molar-refractivity contribution is -0.113. The van der Waals surface area contributed by atoms with Crippen LogP contribution in [0.1, 0.15) is 17.2 Å². The van der Waals surface area contributed by atoms with Crippen LogP contribution in [0.5, 0.6) is 11.5 Å². The van der Waals surface area contributed by atoms with Crippen molar-refractivity contribution < 1.29 is 14.3 Å². The molecule has 0 aliphatic carbocycles. The van der Waals surface area contributed by atoms with Gasteiger partial charge in [0.15, 0.2) is 12.4 Å². The third kappa shape index (κ3) is 4.67. The molecule has 0 saturated heterocycles. The highest BCUT2D eigenvalue weighted by molar-refractivity contribution is 7.99. The summed E-state index contributed by atoms with van der Waals surface area (Å²) in [5.41, 5.74) is 1.98. The molecule has 0 saturated carbocycles. The van der Waals surface area contributed by atoms with Crippen molar-refractivity contribution in [3.8, 4) is 11.5 Å². The fourth-order valence-electron chi connectivity index (χ4n) is 2.47. The standard InChI is InChI=1S/C22H20O3S/c1-16-6-8-19(9-7-16)25-22(15-23)17-4-3-5-21(14-17)26-20-12-10-18(24-2)11-13-20/h3-15,22H,1-2H3. The zero-order valence-electron chi connectivity index (χ0n) is 14.7. The predicted octanol–water partition coefficient (Wildman–Crippen LogP) is 5.47. The summed E-state index contributed by atoms with van der Waals surface area (Å²) in [6, 6.07) is 23.4. The van der Waals surface area contributed by atoms with Crippen LogP contribution in [0.15, 0.2) is 82.6 Å². The molecule has 0 fully saturated rings. The molecule has 0 aromatic heterocycles. The van der Waals surface area contributed by atoms with Crippen LogP contribution < -0.4 is 9.47 Å². The van der Waals surface area contributed by atoms with E-state index in [2.05, 4.69) is 0 Å². The molecule has 0 aliphatic heterocycles. The van der Waals surface area contributed by atoms with Gasteiger partial charge in [0.2, 0.25) is 0 Å². The molecule has 1 unspecified atom stereocenters. The number of ether oxygens (including phenoxy) is 2. The number of benzene rings is 3. The second-order valence-electron chi connectivity index (χ2n) is 5.84. The van der Waals surface area contributed by atoms with Gasteiger partial charge in [-0.15, -0.1) is 0 Å². The Morgan fingerprint density at radius 3 is 2.23 bits per heavy atom. The van der Waals surface area contributed by atoms with Crippen molar-refractivity contribution in [1.29, 1.82) is 0 Å². The zero-order valence-corrected chi connectivity index (χ0v) is 15.5. The van der Waals surface area contributed by atoms with Gasteiger partial charge in [-0.05, 0) is 55.5 Å². The molecule has 3 aromatic carbocycles. The molecule has 0 bridgehead atoms. The number of methoxy groups -OCH3 is 1. The molecular formula is C22H20O3S. The molecule has 0 N–H and O–H groups in total. The van der Waals surface area contributed by atoms with Gasteiger partial charge in [0.1, 0.15) is 11.5 Å². The molecule has 0 spiro atoms. The second kappa shape index (κ2) is 8.59. The number of carbonyl (C=O) groups excluding carboxylic acids is 1. The average Bonchev–Trinajstić information content (AvgIpc) is 2.68. The van der Waals surface area contributed by atoms with E-state index in [0.29, 0.717) is 5.75 Å². The number of hydrogen-bond acceptors (Lipinski definition) is 4. The summed E-state index contributed by atoms with van der Waals surface area (Å²) < 4.78 is 11.0. The van der Waals surface area contributed by atoms with Gasteiger partial charge < -0.3 is 9.47 Å². The number of hydrogen-bond donors (Lipinski definition) is 0. The molecule has 3 rings (SSSR count). The van der Waals surface area contributed by atoms with Crippen molar-refractivity contribution in [2.75, 3.05) is 7.11 Å². The monoisotopic (exact) mass is 364 g/mol. The minimum Gasteiger partial charge on any atom is -0.497 e. The second-order valence-corrected chi connectivity index (χ2v) is 6.98. The molecular weight excluding hydrogens is 344 g/mol. The Labute approximate surface area is 158 Å². The number of rotatable bonds is 7. The number of carbonyl (C=O) groups is 1. The van der Waals surface area contributed by atoms with E-state index >= 15 is 0 Å². The molecule has 3 aromatic rings. The molecule has 0 radical (unpaired) electrons. The summed E-state index contributed by atoms with van der Waals surface area (Å²) in [5.74, 6) is 1.51. The first-order valence-electron chi connectivity index (χ1n) is 8.28. The Balaban J connectivity index is 1.75. The lowest BCUT2D eigenvalue weighted by Crippen LogP contribution is -2.09. The van der Waals surface area contributed by atoms with Gasteiger partial charge in [0.25, 0.3) is 0 Å². The van der Waals surface area contributed by atoms with Crippen molar-refractivity contribution in [2.24, 2.45) is 0 Å². The lowest BCUT2D eigenvalue weighted by atomic mass is 10.1. The zero-order chi connectivity index (χ0) is 18.4. The highest BCUT2D eigenvalue weighted by atomic mass is 32.2. The third-order valence-corrected chi connectivity index (χ3v) is 4.89. The van der Waals surface area contributed by atoms with Gasteiger partial charge in [0.05, 0.1) is 7.11 Å². The van der Waals surface area contributed by atoms with Gasteiger partial charge in [0, 0.05) is 15.4 Å². The fraction of sp³-hybridized carbons (Fsp3) is 0.136. The van der Waals surface area contributed by atoms with E-state index in [1.165, 1.54) is 0 Å². The Morgan fingerprint density at radius 1 is 0.885 bits per heavy atom. The fourth-order valence-corrected chi connectivity index (χ4v) is 3.36. The molecule has 0 amide bonds. The molecule has 1 atom stereocenters. The van der Waals surface area contributed by atoms with Gasteiger partial charge in [-0.25, -0.2) is 0 Å². The van der Waals surface area contributed by atoms with Crippen molar-refractivity contribution >= 4 is 18.0 Å². The predicted molar refractivity (Wildman–Crippen MR) is 104 cm³/mol. The SMILES string of the molecule is COc1ccc(Sc2cccc(C(C=O)Oc3ccc(C)cc3)c2)cc1. The lowest BCUT2D eigenvalue weighted by Gasteiger charge is -2.15. The van der Waals surface area contributed by atoms with E-state index in [4.69, 9.17) is 9.47 Å². The maximum Gasteiger partial charge on any atom is 0.179 e. The first kappa shape index (κ1) is 18.1. The average molecular weight is 364 g/mol. The maximum atomic E-state index is 11.6. The molecule has 26 heavy (non-hydrogen) atoms. The third-order valence-electron chi connectivity index (χ3n) is 3.89. The first-order valence-corrected chi connectivity index (χ1v) is 9.10. The first-order chi connectivity index (χ1) is 12.7. The van der Waals surface area contributed by atoms with Gasteiger partial charge >= 0.3 is 0 Å². The Kier molecular flexibility index (Phi) is 5.97.